The van der Waals surface area contributed by atoms with E-state index in [2.05, 4.69) is 41.4 Å². The van der Waals surface area contributed by atoms with Gasteiger partial charge in [0.2, 0.25) is 5.91 Å². The van der Waals surface area contributed by atoms with Crippen molar-refractivity contribution in [1.82, 2.24) is 10.2 Å². The molecular formula is C17H27N3O. The Hall–Kier alpha value is -1.39. The summed E-state index contributed by atoms with van der Waals surface area (Å²) in [7, 11) is 0. The van der Waals surface area contributed by atoms with Crippen LogP contribution in [-0.4, -0.2) is 36.0 Å². The number of carbonyl (C=O) groups is 1. The smallest absolute Gasteiger partial charge is 0.234 e. The molecule has 0 bridgehead atoms. The Bertz CT molecular complexity index is 435. The Morgan fingerprint density at radius 3 is 2.67 bits per heavy atom. The van der Waals surface area contributed by atoms with Gasteiger partial charge in [-0.1, -0.05) is 50.1 Å². The van der Waals surface area contributed by atoms with Crippen LogP contribution in [0.15, 0.2) is 30.3 Å². The van der Waals surface area contributed by atoms with Gasteiger partial charge in [-0.05, 0) is 24.9 Å². The molecule has 2 rings (SSSR count). The normalized spacial score (nSPS) is 22.2. The molecule has 1 aromatic carbocycles. The van der Waals surface area contributed by atoms with Crippen molar-refractivity contribution in [3.8, 4) is 0 Å². The topological polar surface area (TPSA) is 58.4 Å². The van der Waals surface area contributed by atoms with E-state index in [1.54, 1.807) is 0 Å². The lowest BCUT2D eigenvalue weighted by Gasteiger charge is -2.40. The molecule has 0 heterocycles. The zero-order valence-corrected chi connectivity index (χ0v) is 12.9. The summed E-state index contributed by atoms with van der Waals surface area (Å²) in [5, 5.41) is 3.11. The first-order valence-electron chi connectivity index (χ1n) is 8.02. The van der Waals surface area contributed by atoms with Crippen molar-refractivity contribution in [2.75, 3.05) is 13.1 Å². The van der Waals surface area contributed by atoms with Gasteiger partial charge in [-0.2, -0.15) is 0 Å². The molecule has 116 valence electrons. The number of hydrogen-bond donors (Lipinski definition) is 2. The van der Waals surface area contributed by atoms with Crippen LogP contribution >= 0.6 is 0 Å². The number of hydrogen-bond acceptors (Lipinski definition) is 3. The molecule has 4 heteroatoms. The number of benzene rings is 1. The van der Waals surface area contributed by atoms with E-state index in [0.29, 0.717) is 6.04 Å². The number of likely N-dealkylation sites (N-methyl/N-ethyl adjacent to an activating group) is 1. The summed E-state index contributed by atoms with van der Waals surface area (Å²) in [5.74, 6) is -0.0392. The average molecular weight is 289 g/mol. The van der Waals surface area contributed by atoms with Gasteiger partial charge in [0.05, 0.1) is 6.54 Å². The highest BCUT2D eigenvalue weighted by Gasteiger charge is 2.30. The number of amides is 1. The summed E-state index contributed by atoms with van der Waals surface area (Å²) < 4.78 is 0. The van der Waals surface area contributed by atoms with E-state index in [9.17, 15) is 4.79 Å². The molecule has 1 aliphatic rings. The third-order valence-electron chi connectivity index (χ3n) is 4.36. The predicted octanol–water partition coefficient (Wildman–Crippen LogP) is 1.89. The molecule has 1 aliphatic carbocycles. The summed E-state index contributed by atoms with van der Waals surface area (Å²) in [5.41, 5.74) is 6.77. The molecule has 1 fully saturated rings. The third-order valence-corrected chi connectivity index (χ3v) is 4.36. The highest BCUT2D eigenvalue weighted by atomic mass is 16.1. The SMILES string of the molecule is CCN(Cc1ccccc1)[C@@H]1CCCC[C@@H]1NC(=O)CN. The molecule has 0 unspecified atom stereocenters. The number of nitrogens with zero attached hydrogens (tertiary/aromatic N) is 1. The summed E-state index contributed by atoms with van der Waals surface area (Å²) in [6, 6.07) is 11.2. The molecule has 3 N–H and O–H groups in total. The van der Waals surface area contributed by atoms with Crippen molar-refractivity contribution in [1.29, 1.82) is 0 Å². The fourth-order valence-electron chi connectivity index (χ4n) is 3.26. The van der Waals surface area contributed by atoms with Gasteiger partial charge in [0, 0.05) is 18.6 Å². The van der Waals surface area contributed by atoms with E-state index in [4.69, 9.17) is 5.73 Å². The first kappa shape index (κ1) is 16.0. The molecule has 0 aliphatic heterocycles. The van der Waals surface area contributed by atoms with Crippen LogP contribution in [0, 0.1) is 0 Å². The number of carbonyl (C=O) groups excluding carboxylic acids is 1. The van der Waals surface area contributed by atoms with E-state index in [1.807, 2.05) is 6.07 Å². The van der Waals surface area contributed by atoms with Gasteiger partial charge >= 0.3 is 0 Å². The maximum absolute atomic E-state index is 11.6. The molecule has 1 aromatic rings. The lowest BCUT2D eigenvalue weighted by Crippen LogP contribution is -2.54. The lowest BCUT2D eigenvalue weighted by molar-refractivity contribution is -0.121. The maximum atomic E-state index is 11.6. The van der Waals surface area contributed by atoms with Gasteiger partial charge in [-0.15, -0.1) is 0 Å². The minimum atomic E-state index is -0.0392. The van der Waals surface area contributed by atoms with E-state index >= 15 is 0 Å². The fourth-order valence-corrected chi connectivity index (χ4v) is 3.26. The van der Waals surface area contributed by atoms with E-state index in [-0.39, 0.29) is 18.5 Å². The standard InChI is InChI=1S/C17H27N3O/c1-2-20(13-14-8-4-3-5-9-14)16-11-7-6-10-15(16)19-17(21)12-18/h3-5,8-9,15-16H,2,6-7,10-13,18H2,1H3,(H,19,21)/t15-,16+/m0/s1. The molecule has 0 saturated heterocycles. The Balaban J connectivity index is 2.04. The average Bonchev–Trinajstić information content (AvgIpc) is 2.54. The van der Waals surface area contributed by atoms with Gasteiger partial charge in [0.25, 0.3) is 0 Å². The van der Waals surface area contributed by atoms with Crippen LogP contribution in [0.3, 0.4) is 0 Å². The Kier molecular flexibility index (Phi) is 6.21. The van der Waals surface area contributed by atoms with E-state index in [0.717, 1.165) is 25.9 Å². The van der Waals surface area contributed by atoms with Crippen molar-refractivity contribution in [3.63, 3.8) is 0 Å². The van der Waals surface area contributed by atoms with Crippen LogP contribution < -0.4 is 11.1 Å². The fraction of sp³-hybridized carbons (Fsp3) is 0.588. The Morgan fingerprint density at radius 2 is 2.00 bits per heavy atom. The molecular weight excluding hydrogens is 262 g/mol. The zero-order chi connectivity index (χ0) is 15.1. The first-order valence-corrected chi connectivity index (χ1v) is 8.02. The molecule has 1 amide bonds. The van der Waals surface area contributed by atoms with Crippen molar-refractivity contribution < 1.29 is 4.79 Å². The van der Waals surface area contributed by atoms with Crippen molar-refractivity contribution in [2.45, 2.75) is 51.2 Å². The van der Waals surface area contributed by atoms with Gasteiger partial charge < -0.3 is 11.1 Å². The molecule has 2 atom stereocenters. The second kappa shape index (κ2) is 8.15. The molecule has 4 nitrogen and oxygen atoms in total. The van der Waals surface area contributed by atoms with Gasteiger partial charge in [0.15, 0.2) is 0 Å². The van der Waals surface area contributed by atoms with Crippen molar-refractivity contribution in [3.05, 3.63) is 35.9 Å². The van der Waals surface area contributed by atoms with Gasteiger partial charge in [-0.25, -0.2) is 0 Å². The van der Waals surface area contributed by atoms with Crippen LogP contribution in [0.25, 0.3) is 0 Å². The highest BCUT2D eigenvalue weighted by Crippen LogP contribution is 2.24. The summed E-state index contributed by atoms with van der Waals surface area (Å²) in [6.07, 6.45) is 4.64. The zero-order valence-electron chi connectivity index (χ0n) is 12.9. The van der Waals surface area contributed by atoms with Crippen LogP contribution in [0.2, 0.25) is 0 Å². The summed E-state index contributed by atoms with van der Waals surface area (Å²) >= 11 is 0. The second-order valence-electron chi connectivity index (χ2n) is 5.78. The maximum Gasteiger partial charge on any atom is 0.234 e. The van der Waals surface area contributed by atoms with Crippen LogP contribution in [0.4, 0.5) is 0 Å². The highest BCUT2D eigenvalue weighted by molar-refractivity contribution is 5.78. The molecule has 0 spiro atoms. The first-order chi connectivity index (χ1) is 10.2. The summed E-state index contributed by atoms with van der Waals surface area (Å²) in [4.78, 5) is 14.1. The van der Waals surface area contributed by atoms with Gasteiger partial charge in [0.1, 0.15) is 0 Å². The summed E-state index contributed by atoms with van der Waals surface area (Å²) in [6.45, 7) is 4.21. The minimum absolute atomic E-state index is 0.0392. The van der Waals surface area contributed by atoms with Crippen LogP contribution in [-0.2, 0) is 11.3 Å². The molecule has 21 heavy (non-hydrogen) atoms. The monoisotopic (exact) mass is 289 g/mol. The second-order valence-corrected chi connectivity index (χ2v) is 5.78. The van der Waals surface area contributed by atoms with E-state index < -0.39 is 0 Å². The molecule has 1 saturated carbocycles. The number of rotatable bonds is 6. The van der Waals surface area contributed by atoms with Crippen molar-refractivity contribution >= 4 is 5.91 Å². The number of nitrogens with two attached hydrogens (primary N) is 1. The molecule has 0 aromatic heterocycles. The Labute approximate surface area is 127 Å². The third kappa shape index (κ3) is 4.55. The number of nitrogens with one attached hydrogen (secondary N) is 1. The minimum Gasteiger partial charge on any atom is -0.351 e. The van der Waals surface area contributed by atoms with Gasteiger partial charge in [-0.3, -0.25) is 9.69 Å². The molecule has 0 radical (unpaired) electrons. The quantitative estimate of drug-likeness (QED) is 0.841. The van der Waals surface area contributed by atoms with Crippen LogP contribution in [0.5, 0.6) is 0 Å². The predicted molar refractivity (Wildman–Crippen MR) is 85.8 cm³/mol. The largest absolute Gasteiger partial charge is 0.351 e. The Morgan fingerprint density at radius 1 is 1.29 bits per heavy atom. The van der Waals surface area contributed by atoms with E-state index in [1.165, 1.54) is 18.4 Å². The van der Waals surface area contributed by atoms with Crippen LogP contribution in [0.1, 0.15) is 38.2 Å². The van der Waals surface area contributed by atoms with Crippen molar-refractivity contribution in [2.24, 2.45) is 5.73 Å². The lowest BCUT2D eigenvalue weighted by atomic mass is 9.88.